The molecule has 1 aromatic heterocycles. The highest BCUT2D eigenvalue weighted by molar-refractivity contribution is 5.82. The van der Waals surface area contributed by atoms with Crippen LogP contribution in [-0.2, 0) is 6.54 Å². The standard InChI is InChI=1S/C15H11FN2O3/c16-12-7-3-1-5-10(12)9-17-15(20)18-14(19)11-6-2-4-8-13(11)21-18/h1-8H,9H2,(H,17,20). The van der Waals surface area contributed by atoms with Gasteiger partial charge < -0.3 is 9.84 Å². The first kappa shape index (κ1) is 13.1. The van der Waals surface area contributed by atoms with Gasteiger partial charge in [-0.15, -0.1) is 0 Å². The van der Waals surface area contributed by atoms with E-state index in [4.69, 9.17) is 4.52 Å². The van der Waals surface area contributed by atoms with E-state index in [0.717, 1.165) is 0 Å². The Morgan fingerprint density at radius 1 is 1.14 bits per heavy atom. The number of para-hydroxylation sites is 1. The zero-order valence-corrected chi connectivity index (χ0v) is 10.9. The number of rotatable bonds is 2. The SMILES string of the molecule is O=C(NCc1ccccc1F)n1oc2ccccc2c1=O. The van der Waals surface area contributed by atoms with Gasteiger partial charge in [0.1, 0.15) is 5.82 Å². The lowest BCUT2D eigenvalue weighted by atomic mass is 10.2. The number of nitrogens with zero attached hydrogens (tertiary/aromatic N) is 1. The molecule has 6 heteroatoms. The summed E-state index contributed by atoms with van der Waals surface area (Å²) >= 11 is 0. The van der Waals surface area contributed by atoms with Crippen molar-refractivity contribution in [2.45, 2.75) is 6.54 Å². The van der Waals surface area contributed by atoms with Gasteiger partial charge in [-0.3, -0.25) is 4.79 Å². The maximum Gasteiger partial charge on any atom is 0.358 e. The number of amides is 1. The maximum absolute atomic E-state index is 13.4. The second-order valence-electron chi connectivity index (χ2n) is 4.44. The lowest BCUT2D eigenvalue weighted by Gasteiger charge is -2.04. The fraction of sp³-hybridized carbons (Fsp3) is 0.0667. The smallest absolute Gasteiger partial charge is 0.358 e. The van der Waals surface area contributed by atoms with E-state index in [1.807, 2.05) is 0 Å². The quantitative estimate of drug-likeness (QED) is 0.787. The van der Waals surface area contributed by atoms with Gasteiger partial charge in [0.2, 0.25) is 0 Å². The fourth-order valence-electron chi connectivity index (χ4n) is 1.99. The van der Waals surface area contributed by atoms with Crippen molar-refractivity contribution in [3.8, 4) is 0 Å². The number of carbonyl (C=O) groups excluding carboxylic acids is 1. The van der Waals surface area contributed by atoms with E-state index in [1.54, 1.807) is 42.5 Å². The van der Waals surface area contributed by atoms with E-state index in [1.165, 1.54) is 6.07 Å². The monoisotopic (exact) mass is 286 g/mol. The van der Waals surface area contributed by atoms with Gasteiger partial charge in [-0.1, -0.05) is 35.1 Å². The molecule has 1 heterocycles. The third-order valence-corrected chi connectivity index (χ3v) is 3.06. The van der Waals surface area contributed by atoms with Gasteiger partial charge >= 0.3 is 6.03 Å². The van der Waals surface area contributed by atoms with Crippen LogP contribution in [0.15, 0.2) is 57.8 Å². The molecule has 21 heavy (non-hydrogen) atoms. The zero-order valence-electron chi connectivity index (χ0n) is 10.9. The molecule has 0 aliphatic carbocycles. The van der Waals surface area contributed by atoms with Crippen molar-refractivity contribution in [3.63, 3.8) is 0 Å². The molecule has 0 aliphatic heterocycles. The highest BCUT2D eigenvalue weighted by Crippen LogP contribution is 2.09. The average Bonchev–Trinajstić information content (AvgIpc) is 2.84. The summed E-state index contributed by atoms with van der Waals surface area (Å²) in [4.78, 5) is 23.9. The Bertz CT molecular complexity index is 866. The number of hydrogen-bond donors (Lipinski definition) is 1. The Kier molecular flexibility index (Phi) is 3.27. The molecule has 0 atom stereocenters. The lowest BCUT2D eigenvalue weighted by molar-refractivity contribution is 0.213. The topological polar surface area (TPSA) is 64.2 Å². The van der Waals surface area contributed by atoms with Gasteiger partial charge in [0.25, 0.3) is 5.56 Å². The van der Waals surface area contributed by atoms with Crippen LogP contribution in [-0.4, -0.2) is 10.8 Å². The normalized spacial score (nSPS) is 10.7. The Hall–Kier alpha value is -2.89. The predicted molar refractivity (Wildman–Crippen MR) is 74.5 cm³/mol. The molecule has 0 aliphatic rings. The summed E-state index contributed by atoms with van der Waals surface area (Å²) in [7, 11) is 0. The molecule has 5 nitrogen and oxygen atoms in total. The largest absolute Gasteiger partial charge is 0.366 e. The first-order chi connectivity index (χ1) is 10.2. The number of carbonyl (C=O) groups is 1. The molecular weight excluding hydrogens is 275 g/mol. The highest BCUT2D eigenvalue weighted by Gasteiger charge is 2.15. The van der Waals surface area contributed by atoms with Crippen molar-refractivity contribution in [1.29, 1.82) is 0 Å². The van der Waals surface area contributed by atoms with Gasteiger partial charge in [-0.2, -0.15) is 0 Å². The van der Waals surface area contributed by atoms with Crippen LogP contribution >= 0.6 is 0 Å². The molecular formula is C15H11FN2O3. The second-order valence-corrected chi connectivity index (χ2v) is 4.44. The van der Waals surface area contributed by atoms with Crippen LogP contribution in [0.2, 0.25) is 0 Å². The molecule has 0 bridgehead atoms. The van der Waals surface area contributed by atoms with Crippen LogP contribution in [0.5, 0.6) is 0 Å². The maximum atomic E-state index is 13.4. The molecule has 3 aromatic rings. The minimum absolute atomic E-state index is 0.0327. The highest BCUT2D eigenvalue weighted by atomic mass is 19.1. The third kappa shape index (κ3) is 2.43. The fourth-order valence-corrected chi connectivity index (χ4v) is 1.99. The van der Waals surface area contributed by atoms with E-state index in [0.29, 0.717) is 21.3 Å². The van der Waals surface area contributed by atoms with Crippen molar-refractivity contribution in [2.75, 3.05) is 0 Å². The number of benzene rings is 2. The minimum atomic E-state index is -0.737. The van der Waals surface area contributed by atoms with Gasteiger partial charge in [-0.25, -0.2) is 9.18 Å². The molecule has 2 aromatic carbocycles. The van der Waals surface area contributed by atoms with Crippen molar-refractivity contribution in [3.05, 3.63) is 70.3 Å². The zero-order chi connectivity index (χ0) is 14.8. The van der Waals surface area contributed by atoms with Crippen LogP contribution in [0.1, 0.15) is 5.56 Å². The van der Waals surface area contributed by atoms with Crippen LogP contribution in [0, 0.1) is 5.82 Å². The molecule has 0 radical (unpaired) electrons. The van der Waals surface area contributed by atoms with Crippen molar-refractivity contribution < 1.29 is 13.7 Å². The van der Waals surface area contributed by atoms with Crippen LogP contribution in [0.25, 0.3) is 11.0 Å². The van der Waals surface area contributed by atoms with E-state index in [2.05, 4.69) is 5.32 Å². The number of nitrogens with one attached hydrogen (secondary N) is 1. The molecule has 0 saturated carbocycles. The first-order valence-corrected chi connectivity index (χ1v) is 6.29. The Balaban J connectivity index is 1.83. The molecule has 0 spiro atoms. The number of aromatic nitrogens is 1. The van der Waals surface area contributed by atoms with Crippen LogP contribution in [0.4, 0.5) is 9.18 Å². The van der Waals surface area contributed by atoms with Crippen molar-refractivity contribution in [1.82, 2.24) is 10.1 Å². The number of fused-ring (bicyclic) bond motifs is 1. The van der Waals surface area contributed by atoms with Gasteiger partial charge in [0.15, 0.2) is 5.58 Å². The van der Waals surface area contributed by atoms with Gasteiger partial charge in [-0.05, 0) is 18.2 Å². The van der Waals surface area contributed by atoms with Gasteiger partial charge in [0.05, 0.1) is 5.39 Å². The molecule has 3 rings (SSSR count). The van der Waals surface area contributed by atoms with Crippen molar-refractivity contribution >= 4 is 17.0 Å². The second kappa shape index (κ2) is 5.24. The van der Waals surface area contributed by atoms with E-state index < -0.39 is 17.4 Å². The molecule has 1 amide bonds. The summed E-state index contributed by atoms with van der Waals surface area (Å²) in [6.07, 6.45) is 0. The van der Waals surface area contributed by atoms with Crippen LogP contribution in [0.3, 0.4) is 0 Å². The van der Waals surface area contributed by atoms with E-state index in [-0.39, 0.29) is 6.54 Å². The Morgan fingerprint density at radius 2 is 1.86 bits per heavy atom. The van der Waals surface area contributed by atoms with E-state index in [9.17, 15) is 14.0 Å². The Morgan fingerprint density at radius 3 is 2.62 bits per heavy atom. The van der Waals surface area contributed by atoms with Gasteiger partial charge in [0, 0.05) is 12.1 Å². The van der Waals surface area contributed by atoms with E-state index >= 15 is 0 Å². The van der Waals surface area contributed by atoms with Crippen LogP contribution < -0.4 is 10.9 Å². The average molecular weight is 286 g/mol. The lowest BCUT2D eigenvalue weighted by Crippen LogP contribution is -2.33. The summed E-state index contributed by atoms with van der Waals surface area (Å²) in [5.74, 6) is -0.422. The summed E-state index contributed by atoms with van der Waals surface area (Å²) in [6, 6.07) is 11.9. The third-order valence-electron chi connectivity index (χ3n) is 3.06. The summed E-state index contributed by atoms with van der Waals surface area (Å²) in [5, 5.41) is 2.77. The summed E-state index contributed by atoms with van der Waals surface area (Å²) in [5.41, 5.74) is 0.107. The number of halogens is 1. The first-order valence-electron chi connectivity index (χ1n) is 6.29. The van der Waals surface area contributed by atoms with Crippen molar-refractivity contribution in [2.24, 2.45) is 0 Å². The molecule has 0 unspecified atom stereocenters. The Labute approximate surface area is 118 Å². The predicted octanol–water partition coefficient (Wildman–Crippen LogP) is 2.49. The molecule has 1 N–H and O–H groups in total. The molecule has 106 valence electrons. The number of hydrogen-bond acceptors (Lipinski definition) is 3. The summed E-state index contributed by atoms with van der Waals surface area (Å²) in [6.45, 7) is -0.0327. The minimum Gasteiger partial charge on any atom is -0.366 e. The molecule has 0 saturated heterocycles. The molecule has 0 fully saturated rings. The summed E-state index contributed by atoms with van der Waals surface area (Å²) < 4.78 is 19.3.